The van der Waals surface area contributed by atoms with Gasteiger partial charge in [0.2, 0.25) is 0 Å². The first-order chi connectivity index (χ1) is 13.1. The summed E-state index contributed by atoms with van der Waals surface area (Å²) in [4.78, 5) is 17.8. The molecule has 0 aliphatic heterocycles. The molecule has 1 atom stereocenters. The number of rotatable bonds is 5. The average Bonchev–Trinajstić information content (AvgIpc) is 3.26. The number of nitrogens with zero attached hydrogens (tertiary/aromatic N) is 2. The van der Waals surface area contributed by atoms with Crippen LogP contribution in [0.25, 0.3) is 16.2 Å². The van der Waals surface area contributed by atoms with Crippen molar-refractivity contribution in [3.05, 3.63) is 72.1 Å². The third kappa shape index (κ3) is 3.83. The molecule has 0 aliphatic rings. The number of amides is 1. The average molecular weight is 381 g/mol. The lowest BCUT2D eigenvalue weighted by Gasteiger charge is -2.14. The standard InChI is InChI=1S/C20H16FN3O2S/c1-13(26-17-8-4-15(21)5-9-17)19(25)22-16-6-2-14(3-7-16)18-12-24-10-11-27-20(24)23-18/h2-13H,1H3,(H,22,25). The number of halogens is 1. The minimum Gasteiger partial charge on any atom is -0.481 e. The molecule has 1 unspecified atom stereocenters. The van der Waals surface area contributed by atoms with Gasteiger partial charge in [0.25, 0.3) is 5.91 Å². The molecule has 27 heavy (non-hydrogen) atoms. The zero-order valence-corrected chi connectivity index (χ0v) is 15.2. The Bertz CT molecular complexity index is 1040. The molecule has 136 valence electrons. The van der Waals surface area contributed by atoms with Crippen LogP contribution in [0.1, 0.15) is 6.92 Å². The maximum absolute atomic E-state index is 12.9. The van der Waals surface area contributed by atoms with Crippen molar-refractivity contribution in [2.24, 2.45) is 0 Å². The molecule has 4 rings (SSSR count). The Kier molecular flexibility index (Phi) is 4.60. The Morgan fingerprint density at radius 3 is 2.63 bits per heavy atom. The highest BCUT2D eigenvalue weighted by atomic mass is 32.1. The Hall–Kier alpha value is -3.19. The SMILES string of the molecule is CC(Oc1ccc(F)cc1)C(=O)Nc1ccc(-c2cn3ccsc3n2)cc1. The van der Waals surface area contributed by atoms with Crippen molar-refractivity contribution in [2.45, 2.75) is 13.0 Å². The van der Waals surface area contributed by atoms with E-state index in [0.717, 1.165) is 16.2 Å². The van der Waals surface area contributed by atoms with Crippen LogP contribution in [0.15, 0.2) is 66.3 Å². The molecule has 2 aromatic heterocycles. The van der Waals surface area contributed by atoms with Gasteiger partial charge in [-0.15, -0.1) is 11.3 Å². The molecule has 7 heteroatoms. The maximum Gasteiger partial charge on any atom is 0.265 e. The molecule has 2 aromatic carbocycles. The molecule has 0 fully saturated rings. The molecular weight excluding hydrogens is 365 g/mol. The van der Waals surface area contributed by atoms with Crippen molar-refractivity contribution in [1.82, 2.24) is 9.38 Å². The van der Waals surface area contributed by atoms with Gasteiger partial charge in [-0.1, -0.05) is 12.1 Å². The Balaban J connectivity index is 1.40. The van der Waals surface area contributed by atoms with Crippen molar-refractivity contribution in [3.8, 4) is 17.0 Å². The molecule has 0 saturated carbocycles. The summed E-state index contributed by atoms with van der Waals surface area (Å²) >= 11 is 1.58. The number of carbonyl (C=O) groups excluding carboxylic acids is 1. The predicted octanol–water partition coefficient (Wildman–Crippen LogP) is 4.61. The van der Waals surface area contributed by atoms with E-state index in [0.29, 0.717) is 11.4 Å². The van der Waals surface area contributed by atoms with Crippen LogP contribution in [0.5, 0.6) is 5.75 Å². The molecule has 0 saturated heterocycles. The molecule has 1 N–H and O–H groups in total. The maximum atomic E-state index is 12.9. The van der Waals surface area contributed by atoms with E-state index < -0.39 is 6.10 Å². The van der Waals surface area contributed by atoms with Crippen molar-refractivity contribution in [3.63, 3.8) is 0 Å². The zero-order valence-electron chi connectivity index (χ0n) is 14.4. The fourth-order valence-corrected chi connectivity index (χ4v) is 3.31. The molecular formula is C20H16FN3O2S. The number of carbonyl (C=O) groups is 1. The van der Waals surface area contributed by atoms with E-state index in [9.17, 15) is 9.18 Å². The second-order valence-electron chi connectivity index (χ2n) is 6.00. The first kappa shape index (κ1) is 17.2. The summed E-state index contributed by atoms with van der Waals surface area (Å²) < 4.78 is 20.4. The number of benzene rings is 2. The van der Waals surface area contributed by atoms with Crippen molar-refractivity contribution < 1.29 is 13.9 Å². The summed E-state index contributed by atoms with van der Waals surface area (Å²) in [5.74, 6) is -0.194. The summed E-state index contributed by atoms with van der Waals surface area (Å²) in [5.41, 5.74) is 2.52. The van der Waals surface area contributed by atoms with Crippen LogP contribution < -0.4 is 10.1 Å². The molecule has 0 radical (unpaired) electrons. The van der Waals surface area contributed by atoms with E-state index in [1.165, 1.54) is 24.3 Å². The Morgan fingerprint density at radius 2 is 1.93 bits per heavy atom. The number of hydrogen-bond acceptors (Lipinski definition) is 4. The minimum absolute atomic E-state index is 0.283. The van der Waals surface area contributed by atoms with Gasteiger partial charge in [0.15, 0.2) is 11.1 Å². The van der Waals surface area contributed by atoms with E-state index in [1.807, 2.05) is 46.4 Å². The highest BCUT2D eigenvalue weighted by Gasteiger charge is 2.15. The van der Waals surface area contributed by atoms with E-state index in [2.05, 4.69) is 10.3 Å². The van der Waals surface area contributed by atoms with Crippen molar-refractivity contribution in [2.75, 3.05) is 5.32 Å². The van der Waals surface area contributed by atoms with Gasteiger partial charge in [-0.05, 0) is 43.3 Å². The molecule has 0 aliphatic carbocycles. The van der Waals surface area contributed by atoms with Gasteiger partial charge in [0.05, 0.1) is 5.69 Å². The van der Waals surface area contributed by atoms with E-state index in [1.54, 1.807) is 18.3 Å². The lowest BCUT2D eigenvalue weighted by molar-refractivity contribution is -0.122. The lowest BCUT2D eigenvalue weighted by Crippen LogP contribution is -2.30. The van der Waals surface area contributed by atoms with Gasteiger partial charge < -0.3 is 10.1 Å². The molecule has 5 nitrogen and oxygen atoms in total. The van der Waals surface area contributed by atoms with Gasteiger partial charge in [-0.2, -0.15) is 0 Å². The van der Waals surface area contributed by atoms with Crippen molar-refractivity contribution >= 4 is 27.9 Å². The Labute approximate surface area is 159 Å². The van der Waals surface area contributed by atoms with Crippen LogP contribution in [0.4, 0.5) is 10.1 Å². The van der Waals surface area contributed by atoms with Gasteiger partial charge in [-0.25, -0.2) is 9.37 Å². The zero-order chi connectivity index (χ0) is 18.8. The highest BCUT2D eigenvalue weighted by Crippen LogP contribution is 2.23. The van der Waals surface area contributed by atoms with Gasteiger partial charge >= 0.3 is 0 Å². The molecule has 1 amide bonds. The van der Waals surface area contributed by atoms with Gasteiger partial charge in [0.1, 0.15) is 11.6 Å². The Morgan fingerprint density at radius 1 is 1.19 bits per heavy atom. The topological polar surface area (TPSA) is 55.6 Å². The first-order valence-corrected chi connectivity index (χ1v) is 9.22. The number of fused-ring (bicyclic) bond motifs is 1. The lowest BCUT2D eigenvalue weighted by atomic mass is 10.1. The normalized spacial score (nSPS) is 12.1. The fraction of sp³-hybridized carbons (Fsp3) is 0.100. The molecule has 4 aromatic rings. The van der Waals surface area contributed by atoms with Crippen LogP contribution in [0, 0.1) is 5.82 Å². The largest absolute Gasteiger partial charge is 0.481 e. The van der Waals surface area contributed by atoms with E-state index in [4.69, 9.17) is 4.74 Å². The van der Waals surface area contributed by atoms with Crippen LogP contribution in [-0.2, 0) is 4.79 Å². The number of aromatic nitrogens is 2. The molecule has 2 heterocycles. The monoisotopic (exact) mass is 381 g/mol. The van der Waals surface area contributed by atoms with Gasteiger partial charge in [-0.3, -0.25) is 9.20 Å². The minimum atomic E-state index is -0.713. The quantitative estimate of drug-likeness (QED) is 0.549. The summed E-state index contributed by atoms with van der Waals surface area (Å²) in [6, 6.07) is 13.0. The second kappa shape index (κ2) is 7.20. The fourth-order valence-electron chi connectivity index (χ4n) is 2.61. The van der Waals surface area contributed by atoms with E-state index >= 15 is 0 Å². The number of nitrogens with one attached hydrogen (secondary N) is 1. The van der Waals surface area contributed by atoms with Crippen LogP contribution in [0.3, 0.4) is 0 Å². The number of thiazole rings is 1. The van der Waals surface area contributed by atoms with Crippen molar-refractivity contribution in [1.29, 1.82) is 0 Å². The first-order valence-electron chi connectivity index (χ1n) is 8.34. The summed E-state index contributed by atoms with van der Waals surface area (Å²) in [6.45, 7) is 1.64. The number of ether oxygens (including phenoxy) is 1. The molecule has 0 bridgehead atoms. The summed E-state index contributed by atoms with van der Waals surface area (Å²) in [5, 5.41) is 4.80. The number of imidazole rings is 1. The smallest absolute Gasteiger partial charge is 0.265 e. The van der Waals surface area contributed by atoms with E-state index in [-0.39, 0.29) is 11.7 Å². The van der Waals surface area contributed by atoms with Crippen LogP contribution in [-0.4, -0.2) is 21.4 Å². The summed E-state index contributed by atoms with van der Waals surface area (Å²) in [6.07, 6.45) is 3.22. The predicted molar refractivity (Wildman–Crippen MR) is 104 cm³/mol. The third-order valence-corrected chi connectivity index (χ3v) is 4.81. The highest BCUT2D eigenvalue weighted by molar-refractivity contribution is 7.15. The molecule has 0 spiro atoms. The van der Waals surface area contributed by atoms with Gasteiger partial charge in [0, 0.05) is 29.0 Å². The van der Waals surface area contributed by atoms with Crippen LogP contribution >= 0.6 is 11.3 Å². The number of hydrogen-bond donors (Lipinski definition) is 1. The number of anilines is 1. The summed E-state index contributed by atoms with van der Waals surface area (Å²) in [7, 11) is 0. The third-order valence-electron chi connectivity index (χ3n) is 4.04. The second-order valence-corrected chi connectivity index (χ2v) is 6.87. The van der Waals surface area contributed by atoms with Crippen LogP contribution in [0.2, 0.25) is 0 Å².